The van der Waals surface area contributed by atoms with Crippen LogP contribution in [0, 0.1) is 0 Å². The highest BCUT2D eigenvalue weighted by Gasteiger charge is 2.21. The zero-order valence-corrected chi connectivity index (χ0v) is 16.8. The van der Waals surface area contributed by atoms with E-state index in [1.165, 1.54) is 39.5 Å². The van der Waals surface area contributed by atoms with Gasteiger partial charge < -0.3 is 25.5 Å². The Hall–Kier alpha value is -1.22. The van der Waals surface area contributed by atoms with Crippen LogP contribution in [0.1, 0.15) is 76.0 Å². The first-order valence-electron chi connectivity index (χ1n) is 9.75. The second kappa shape index (κ2) is 10.9. The van der Waals surface area contributed by atoms with Gasteiger partial charge in [0.05, 0.1) is 0 Å². The van der Waals surface area contributed by atoms with E-state index < -0.39 is 11.8 Å². The number of hydrogen-bond acceptors (Lipinski definition) is 7. The summed E-state index contributed by atoms with van der Waals surface area (Å²) < 4.78 is 0. The van der Waals surface area contributed by atoms with Crippen molar-refractivity contribution < 1.29 is 25.5 Å². The first-order chi connectivity index (χ1) is 12.5. The summed E-state index contributed by atoms with van der Waals surface area (Å²) in [6.45, 7) is 4.77. The van der Waals surface area contributed by atoms with Gasteiger partial charge in [-0.1, -0.05) is 45.1 Å². The minimum Gasteiger partial charge on any atom is -0.508 e. The summed E-state index contributed by atoms with van der Waals surface area (Å²) in [4.78, 5) is 0. The Morgan fingerprint density at radius 1 is 0.778 bits per heavy atom. The number of unbranched alkanes of at least 4 members (excludes halogenated alkanes) is 5. The molecule has 0 saturated heterocycles. The normalized spacial score (nSPS) is 12.6. The summed E-state index contributed by atoms with van der Waals surface area (Å²) in [5, 5.41) is 53.5. The molecule has 0 fully saturated rings. The van der Waals surface area contributed by atoms with Gasteiger partial charge in [0.25, 0.3) is 0 Å². The average molecular weight is 385 g/mol. The van der Waals surface area contributed by atoms with Gasteiger partial charge in [-0.15, -0.1) is 0 Å². The molecule has 156 valence electrons. The maximum Gasteiger partial charge on any atom is 0.219 e. The first kappa shape index (κ1) is 23.8. The molecule has 0 unspecified atom stereocenters. The van der Waals surface area contributed by atoms with E-state index in [2.05, 4.69) is 17.6 Å². The zero-order chi connectivity index (χ0) is 20.5. The molecule has 1 aromatic carbocycles. The van der Waals surface area contributed by atoms with Crippen molar-refractivity contribution in [1.82, 2.24) is 10.6 Å². The fourth-order valence-corrected chi connectivity index (χ4v) is 2.99. The summed E-state index contributed by atoms with van der Waals surface area (Å²) in [7, 11) is 0. The number of aliphatic hydroxyl groups is 4. The molecule has 0 aliphatic rings. The second-order valence-electron chi connectivity index (χ2n) is 7.47. The van der Waals surface area contributed by atoms with Gasteiger partial charge in [0.1, 0.15) is 5.75 Å². The number of aromatic hydroxyl groups is 1. The lowest BCUT2D eigenvalue weighted by Crippen LogP contribution is -2.43. The number of nitrogens with one attached hydrogen (secondary N) is 2. The lowest BCUT2D eigenvalue weighted by atomic mass is 9.95. The number of rotatable bonds is 13. The van der Waals surface area contributed by atoms with E-state index in [1.807, 2.05) is 6.07 Å². The Morgan fingerprint density at radius 3 is 1.85 bits per heavy atom. The van der Waals surface area contributed by atoms with Crippen LogP contribution in [0.3, 0.4) is 0 Å². The molecule has 7 heteroatoms. The Bertz CT molecular complexity index is 565. The van der Waals surface area contributed by atoms with Crippen molar-refractivity contribution in [3.8, 4) is 5.75 Å². The molecule has 0 aliphatic heterocycles. The van der Waals surface area contributed by atoms with E-state index in [4.69, 9.17) is 0 Å². The van der Waals surface area contributed by atoms with Crippen molar-refractivity contribution in [3.05, 3.63) is 28.8 Å². The third kappa shape index (κ3) is 10.0. The molecular formula is C20H36N2O5. The predicted molar refractivity (Wildman–Crippen MR) is 105 cm³/mol. The molecular weight excluding hydrogens is 348 g/mol. The van der Waals surface area contributed by atoms with E-state index in [1.54, 1.807) is 6.07 Å². The molecule has 1 aromatic rings. The first-order valence-corrected chi connectivity index (χ1v) is 9.75. The van der Waals surface area contributed by atoms with Gasteiger partial charge in [-0.3, -0.25) is 10.6 Å². The highest BCUT2D eigenvalue weighted by atomic mass is 16.5. The van der Waals surface area contributed by atoms with Gasteiger partial charge in [-0.2, -0.15) is 0 Å². The van der Waals surface area contributed by atoms with Gasteiger partial charge in [-0.05, 0) is 30.0 Å². The van der Waals surface area contributed by atoms with Crippen molar-refractivity contribution >= 4 is 0 Å². The van der Waals surface area contributed by atoms with E-state index in [0.717, 1.165) is 30.4 Å². The Labute approximate surface area is 162 Å². The van der Waals surface area contributed by atoms with E-state index in [0.29, 0.717) is 5.56 Å². The summed E-state index contributed by atoms with van der Waals surface area (Å²) in [5.41, 5.74) is 2.23. The summed E-state index contributed by atoms with van der Waals surface area (Å²) in [6.07, 6.45) is 7.80. The SMILES string of the molecule is CCCCCCCCc1ccc(O)c(CNC(C)(O)O)c1CNC(C)(O)O. The minimum absolute atomic E-state index is 0.0211. The molecule has 0 heterocycles. The molecule has 27 heavy (non-hydrogen) atoms. The smallest absolute Gasteiger partial charge is 0.219 e. The Balaban J connectivity index is 2.91. The number of aryl methyl sites for hydroxylation is 1. The molecule has 0 bridgehead atoms. The monoisotopic (exact) mass is 384 g/mol. The Morgan fingerprint density at radius 2 is 1.30 bits per heavy atom. The van der Waals surface area contributed by atoms with Crippen LogP contribution >= 0.6 is 0 Å². The molecule has 0 aliphatic carbocycles. The van der Waals surface area contributed by atoms with Gasteiger partial charge in [-0.25, -0.2) is 0 Å². The lowest BCUT2D eigenvalue weighted by Gasteiger charge is -2.24. The molecule has 7 N–H and O–H groups in total. The molecule has 0 radical (unpaired) electrons. The van der Waals surface area contributed by atoms with Crippen LogP contribution in [0.2, 0.25) is 0 Å². The highest BCUT2D eigenvalue weighted by molar-refractivity contribution is 5.44. The molecule has 7 nitrogen and oxygen atoms in total. The fraction of sp³-hybridized carbons (Fsp3) is 0.700. The lowest BCUT2D eigenvalue weighted by molar-refractivity contribution is -0.172. The van der Waals surface area contributed by atoms with Crippen LogP contribution in [0.4, 0.5) is 0 Å². The van der Waals surface area contributed by atoms with Crippen LogP contribution in [0.5, 0.6) is 5.75 Å². The quantitative estimate of drug-likeness (QED) is 0.204. The van der Waals surface area contributed by atoms with Gasteiger partial charge >= 0.3 is 0 Å². The number of hydrogen-bond donors (Lipinski definition) is 7. The van der Waals surface area contributed by atoms with Gasteiger partial charge in [0.15, 0.2) is 0 Å². The van der Waals surface area contributed by atoms with Crippen LogP contribution < -0.4 is 10.6 Å². The number of phenols is 1. The predicted octanol–water partition coefficient (Wildman–Crippen LogP) is 1.79. The Kier molecular flexibility index (Phi) is 9.66. The van der Waals surface area contributed by atoms with Gasteiger partial charge in [0.2, 0.25) is 11.8 Å². The number of phenolic OH excluding ortho intramolecular Hbond substituents is 1. The molecule has 0 amide bonds. The topological polar surface area (TPSA) is 125 Å². The standard InChI is InChI=1S/C20H36N2O5/c1-4-5-6-7-8-9-10-15-11-12-18(23)17(14-22-20(3,26)27)16(15)13-21-19(2,24)25/h11-12,21-27H,4-10,13-14H2,1-3H3. The maximum atomic E-state index is 10.3. The second-order valence-corrected chi connectivity index (χ2v) is 7.47. The summed E-state index contributed by atoms with van der Waals surface area (Å²) >= 11 is 0. The van der Waals surface area contributed by atoms with E-state index in [9.17, 15) is 25.5 Å². The van der Waals surface area contributed by atoms with Crippen molar-refractivity contribution in [2.24, 2.45) is 0 Å². The van der Waals surface area contributed by atoms with Crippen molar-refractivity contribution in [3.63, 3.8) is 0 Å². The van der Waals surface area contributed by atoms with E-state index >= 15 is 0 Å². The van der Waals surface area contributed by atoms with Crippen LogP contribution in [-0.2, 0) is 19.5 Å². The zero-order valence-electron chi connectivity index (χ0n) is 16.8. The molecule has 0 saturated carbocycles. The molecule has 0 spiro atoms. The molecule has 0 aromatic heterocycles. The van der Waals surface area contributed by atoms with Crippen molar-refractivity contribution in [2.75, 3.05) is 0 Å². The maximum absolute atomic E-state index is 10.3. The largest absolute Gasteiger partial charge is 0.508 e. The number of benzene rings is 1. The van der Waals surface area contributed by atoms with Crippen molar-refractivity contribution in [1.29, 1.82) is 0 Å². The third-order valence-corrected chi connectivity index (χ3v) is 4.50. The van der Waals surface area contributed by atoms with E-state index in [-0.39, 0.29) is 18.8 Å². The molecule has 1 rings (SSSR count). The minimum atomic E-state index is -2.07. The summed E-state index contributed by atoms with van der Waals surface area (Å²) in [5.74, 6) is -4.10. The van der Waals surface area contributed by atoms with Crippen LogP contribution in [0.15, 0.2) is 12.1 Å². The molecule has 0 atom stereocenters. The van der Waals surface area contributed by atoms with Crippen molar-refractivity contribution in [2.45, 2.75) is 90.6 Å². The summed E-state index contributed by atoms with van der Waals surface area (Å²) in [6, 6.07) is 3.43. The van der Waals surface area contributed by atoms with Crippen LogP contribution in [-0.4, -0.2) is 37.4 Å². The fourth-order valence-electron chi connectivity index (χ4n) is 2.99. The van der Waals surface area contributed by atoms with Crippen LogP contribution in [0.25, 0.3) is 0 Å². The third-order valence-electron chi connectivity index (χ3n) is 4.50. The van der Waals surface area contributed by atoms with Gasteiger partial charge in [0, 0.05) is 32.5 Å². The average Bonchev–Trinajstić information content (AvgIpc) is 2.54. The highest BCUT2D eigenvalue weighted by Crippen LogP contribution is 2.27.